The predicted octanol–water partition coefficient (Wildman–Crippen LogP) is 27.5. The van der Waals surface area contributed by atoms with Crippen molar-refractivity contribution in [2.24, 2.45) is 5.92 Å². The first-order valence-electron chi connectivity index (χ1n) is 45.5. The van der Waals surface area contributed by atoms with E-state index in [1.165, 1.54) is 175 Å². The summed E-state index contributed by atoms with van der Waals surface area (Å²) in [7, 11) is 0.986. The normalized spacial score (nSPS) is 16.7. The lowest BCUT2D eigenvalue weighted by Gasteiger charge is -2.27. The first kappa shape index (κ1) is 95.2. The first-order valence-corrected chi connectivity index (χ1v) is 54.5. The van der Waals surface area contributed by atoms with Crippen LogP contribution in [0.25, 0.3) is 25.1 Å². The summed E-state index contributed by atoms with van der Waals surface area (Å²) in [5.74, 6) is 6.78. The van der Waals surface area contributed by atoms with E-state index < -0.39 is 17.9 Å². The van der Waals surface area contributed by atoms with Crippen LogP contribution in [0.1, 0.15) is 154 Å². The van der Waals surface area contributed by atoms with Gasteiger partial charge in [0.1, 0.15) is 58.9 Å². The van der Waals surface area contributed by atoms with Crippen LogP contribution in [0.15, 0.2) is 336 Å². The minimum absolute atomic E-state index is 0.0350. The average molecular weight is 1810 g/mol. The van der Waals surface area contributed by atoms with E-state index in [4.69, 9.17) is 28.4 Å². The maximum absolute atomic E-state index is 12.7. The lowest BCUT2D eigenvalue weighted by Crippen LogP contribution is -2.44. The number of carbonyl (C=O) groups excluding carboxylic acids is 3. The predicted molar refractivity (Wildman–Crippen MR) is 539 cm³/mol. The van der Waals surface area contributed by atoms with Gasteiger partial charge in [-0.2, -0.15) is 0 Å². The van der Waals surface area contributed by atoms with Crippen molar-refractivity contribution in [1.82, 2.24) is 0 Å². The van der Waals surface area contributed by atoms with E-state index in [9.17, 15) is 14.4 Å². The van der Waals surface area contributed by atoms with Crippen molar-refractivity contribution in [3.63, 3.8) is 0 Å². The van der Waals surface area contributed by atoms with Gasteiger partial charge >= 0.3 is 11.9 Å². The number of esters is 2. The molecule has 12 aromatic carbocycles. The highest BCUT2D eigenvalue weighted by molar-refractivity contribution is 7.98. The third-order valence-electron chi connectivity index (χ3n) is 23.4. The number of aryl methyl sites for hydroxylation is 6. The number of ether oxygens (including phenoxy) is 6. The summed E-state index contributed by atoms with van der Waals surface area (Å²) in [6.07, 6.45) is 21.8. The van der Waals surface area contributed by atoms with Crippen LogP contribution in [-0.4, -0.2) is 96.8 Å². The molecular weight excluding hydrogens is 1680 g/mol. The highest BCUT2D eigenvalue weighted by Gasteiger charge is 2.70. The van der Waals surface area contributed by atoms with Crippen molar-refractivity contribution in [2.75, 3.05) is 61.1 Å². The zero-order valence-electron chi connectivity index (χ0n) is 75.9. The molecule has 5 saturated heterocycles. The average Bonchev–Trinajstić information content (AvgIpc) is 1.56. The molecule has 660 valence electrons. The number of hydrogen-bond acceptors (Lipinski definition) is 9. The Kier molecular flexibility index (Phi) is 36.2. The molecule has 0 spiro atoms. The summed E-state index contributed by atoms with van der Waals surface area (Å²) in [6.45, 7) is 18.5. The van der Waals surface area contributed by atoms with Gasteiger partial charge in [0.2, 0.25) is 5.78 Å². The topological polar surface area (TPSA) is 107 Å². The lowest BCUT2D eigenvalue weighted by molar-refractivity contribution is -0.222. The second-order valence-corrected chi connectivity index (χ2v) is 46.2. The number of carbonyl (C=O) groups is 3. The molecule has 127 heavy (non-hydrogen) atoms. The molecule has 5 aliphatic rings. The van der Waals surface area contributed by atoms with Crippen molar-refractivity contribution < 1.29 is 42.8 Å². The molecule has 5 fully saturated rings. The van der Waals surface area contributed by atoms with Gasteiger partial charge in [-0.15, -0.1) is 0 Å². The number of thiophene rings is 1. The third-order valence-corrected chi connectivity index (χ3v) is 36.2. The summed E-state index contributed by atoms with van der Waals surface area (Å²) >= 11 is 0. The van der Waals surface area contributed by atoms with Gasteiger partial charge in [-0.25, -0.2) is 4.79 Å². The molecule has 2 bridgehead atoms. The third kappa shape index (κ3) is 25.8. The quantitative estimate of drug-likeness (QED) is 0.0205. The number of Topliss-reactive ketones (excluding diaryl/α,β-unsaturated/α-hetero) is 1. The van der Waals surface area contributed by atoms with E-state index in [-0.39, 0.29) is 56.9 Å². The summed E-state index contributed by atoms with van der Waals surface area (Å²) < 4.78 is 38.0. The number of rotatable bonds is 28. The second-order valence-electron chi connectivity index (χ2n) is 33.4. The molecule has 4 atom stereocenters. The molecule has 0 radical (unpaired) electrons. The zero-order valence-corrected chi connectivity index (χ0v) is 80.8. The maximum Gasteiger partial charge on any atom is 0.347 e. The number of unbranched alkanes of at least 4 members (excludes halogenated alkanes) is 6. The summed E-state index contributed by atoms with van der Waals surface area (Å²) in [5.41, 5.74) is 7.73. The van der Waals surface area contributed by atoms with Gasteiger partial charge < -0.3 is 28.4 Å². The Hall–Kier alpha value is -9.42. The lowest BCUT2D eigenvalue weighted by atomic mass is 9.88. The monoisotopic (exact) mass is 1810 g/mol. The summed E-state index contributed by atoms with van der Waals surface area (Å²) in [5, 5.41) is 2.76. The number of ketones is 1. The van der Waals surface area contributed by atoms with Gasteiger partial charge in [0.05, 0.1) is 53.4 Å². The smallest absolute Gasteiger partial charge is 0.347 e. The van der Waals surface area contributed by atoms with Crippen LogP contribution in [0.4, 0.5) is 0 Å². The fourth-order valence-corrected chi connectivity index (χ4v) is 29.6. The molecule has 13 aromatic rings. The largest absolute Gasteiger partial charge is 0.493 e. The minimum atomic E-state index is -1.29. The van der Waals surface area contributed by atoms with Crippen LogP contribution in [0.3, 0.4) is 0 Å². The molecule has 6 heterocycles. The van der Waals surface area contributed by atoms with E-state index >= 15 is 0 Å². The fraction of sp³-hybridized carbons (Fsp3) is 0.330. The molecule has 4 unspecified atom stereocenters. The molecule has 9 nitrogen and oxygen atoms in total. The van der Waals surface area contributed by atoms with Gasteiger partial charge in [0, 0.05) is 85.0 Å². The summed E-state index contributed by atoms with van der Waals surface area (Å²) in [4.78, 5) is 48.7. The molecule has 0 aliphatic carbocycles. The van der Waals surface area contributed by atoms with Gasteiger partial charge in [-0.3, -0.25) is 9.59 Å². The van der Waals surface area contributed by atoms with E-state index in [2.05, 4.69) is 309 Å². The number of benzene rings is 12. The molecule has 18 rings (SSSR count). The van der Waals surface area contributed by atoms with Crippen LogP contribution in [0.5, 0.6) is 17.2 Å². The van der Waals surface area contributed by atoms with Crippen LogP contribution in [0, 0.1) is 47.5 Å². The van der Waals surface area contributed by atoms with Crippen LogP contribution < -0.4 is 14.2 Å². The van der Waals surface area contributed by atoms with Gasteiger partial charge in [-0.05, 0) is 234 Å². The first-order chi connectivity index (χ1) is 62.0. The molecule has 5 aliphatic heterocycles. The Labute approximate surface area is 773 Å². The maximum atomic E-state index is 12.7. The van der Waals surface area contributed by atoms with Gasteiger partial charge in [0.15, 0.2) is 65.8 Å². The Balaban J connectivity index is 0.000000138. The van der Waals surface area contributed by atoms with Gasteiger partial charge in [-0.1, -0.05) is 216 Å². The van der Waals surface area contributed by atoms with Crippen LogP contribution >= 0.6 is 10.5 Å². The van der Waals surface area contributed by atoms with E-state index in [0.29, 0.717) is 57.1 Å². The van der Waals surface area contributed by atoms with Crippen molar-refractivity contribution in [1.29, 1.82) is 0 Å². The number of fused-ring (bicyclic) bond motifs is 4. The Morgan fingerprint density at radius 1 is 0.417 bits per heavy atom. The molecule has 15 heteroatoms. The van der Waals surface area contributed by atoms with E-state index in [1.807, 2.05) is 56.3 Å². The second kappa shape index (κ2) is 48.3. The molecule has 0 saturated carbocycles. The summed E-state index contributed by atoms with van der Waals surface area (Å²) in [6, 6.07) is 105. The van der Waals surface area contributed by atoms with Crippen LogP contribution in [0.2, 0.25) is 0 Å². The fourth-order valence-electron chi connectivity index (χ4n) is 17.2. The van der Waals surface area contributed by atoms with Crippen molar-refractivity contribution in [3.05, 3.63) is 336 Å². The van der Waals surface area contributed by atoms with Crippen molar-refractivity contribution in [3.8, 4) is 22.1 Å². The number of hydrogen-bond donors (Lipinski definition) is 0. The SMILES string of the molecule is CCCCCCOc1c(C)cc(-[s+]2c3ccccc3c3ccccc32)cc1C.CCCCCCOc1c(C)cc([S+](c2ccccc2)c2ccccc2)cc1C.C[S+](C)c1ccccc1.Cc1cc([S+](c2ccccc2)c2ccccc2)cc(C)c1OCC(=O)OC12CC3CC(C(=O)O1)C2O3.O=C(C[S+]1CCCC1)c1ccccc1.c1ccc([S+]2CCCCC2)cc1. The highest BCUT2D eigenvalue weighted by atomic mass is 32.2. The Morgan fingerprint density at radius 2 is 0.803 bits per heavy atom. The Morgan fingerprint density at radius 3 is 1.22 bits per heavy atom. The van der Waals surface area contributed by atoms with E-state index in [0.717, 1.165) is 60.0 Å². The van der Waals surface area contributed by atoms with Crippen molar-refractivity contribution >= 4 is 103 Å². The van der Waals surface area contributed by atoms with Gasteiger partial charge in [0.25, 0.3) is 5.79 Å². The molecular formula is C112H128O9S6+6. The molecule has 0 amide bonds. The standard InChI is InChI=1S/C29H27O6S.C26H29OS.C26H31OS.C12H15OS.C11H15S.C8H11S/c1-18-13-23(36(21-9-5-3-6-10-21)22-11-7-4-8-12-22)14-19(2)26(18)32-17-25(30)34-29-16-20-15-24(27(29)33-20)28(31)35-29;1-4-5-6-11-16-27-26-19(2)17-21(18-20(26)3)28-24-14-9-7-12-22(24)23-13-8-10-15-25(23)28;1-4-5-6-13-18-27-26-21(2)19-25(20-22(26)3)28(23-14-9-7-10-15-23)24-16-11-8-12-17-24;13-12(10-14-8-4-5-9-14)11-6-2-1-3-7-11;1-3-7-11(8-4-1)12-9-5-2-6-10-12;1-9(2)8-6-4-3-5-7-8/h3-14,20,24,27H,15-17H2,1-2H3;7-10,12-15,17-18H,4-6,11,16H2,1-3H3;7-12,14-17,19-20H,4-6,13,18H2,1-3H3;1-3,6-7H,4-5,8-10H2;1,3-4,7-8H,2,5-6,9-10H2;3-7H,1-2H3/q6*+1. The van der Waals surface area contributed by atoms with E-state index in [1.54, 1.807) is 4.90 Å². The van der Waals surface area contributed by atoms with Crippen LogP contribution in [-0.2, 0) is 78.3 Å². The highest BCUT2D eigenvalue weighted by Crippen LogP contribution is 2.54. The zero-order chi connectivity index (χ0) is 88.9. The minimum Gasteiger partial charge on any atom is -0.493 e. The van der Waals surface area contributed by atoms with Crippen molar-refractivity contribution in [2.45, 2.75) is 209 Å². The molecule has 1 aromatic heterocycles. The molecule has 0 N–H and O–H groups in total. The Bertz CT molecular complexity index is 5410.